The summed E-state index contributed by atoms with van der Waals surface area (Å²) >= 11 is 0. The highest BCUT2D eigenvalue weighted by molar-refractivity contribution is 8.93. The third-order valence-corrected chi connectivity index (χ3v) is 3.87. The van der Waals surface area contributed by atoms with Crippen LogP contribution >= 0.6 is 17.0 Å². The predicted molar refractivity (Wildman–Crippen MR) is 116 cm³/mol. The Morgan fingerprint density at radius 1 is 0.931 bits per heavy atom. The van der Waals surface area contributed by atoms with Crippen LogP contribution in [-0.2, 0) is 4.79 Å². The van der Waals surface area contributed by atoms with E-state index in [0.717, 1.165) is 5.56 Å². The maximum Gasteiger partial charge on any atom is 0.328 e. The highest BCUT2D eigenvalue weighted by atomic mass is 79.9. The molecule has 0 radical (unpaired) electrons. The summed E-state index contributed by atoms with van der Waals surface area (Å²) in [6.45, 7) is 1.49. The summed E-state index contributed by atoms with van der Waals surface area (Å²) in [6.07, 6.45) is 3.01. The molecule has 2 aromatic rings. The van der Waals surface area contributed by atoms with Gasteiger partial charge in [-0.2, -0.15) is 0 Å². The molecule has 0 saturated carbocycles. The van der Waals surface area contributed by atoms with Crippen molar-refractivity contribution < 1.29 is 28.5 Å². The van der Waals surface area contributed by atoms with Crippen molar-refractivity contribution in [1.29, 1.82) is 0 Å². The van der Waals surface area contributed by atoms with Crippen molar-refractivity contribution in [1.82, 2.24) is 0 Å². The summed E-state index contributed by atoms with van der Waals surface area (Å²) in [5.41, 5.74) is 6.46. The smallest absolute Gasteiger partial charge is 0.328 e. The van der Waals surface area contributed by atoms with Crippen molar-refractivity contribution in [2.75, 3.05) is 21.3 Å². The minimum Gasteiger partial charge on any atom is -0.497 e. The zero-order valence-corrected chi connectivity index (χ0v) is 18.3. The summed E-state index contributed by atoms with van der Waals surface area (Å²) in [7, 11) is 4.45. The van der Waals surface area contributed by atoms with Crippen LogP contribution in [0.25, 0.3) is 6.08 Å². The summed E-state index contributed by atoms with van der Waals surface area (Å²) in [6, 6.07) is 9.32. The van der Waals surface area contributed by atoms with Gasteiger partial charge in [0.05, 0.1) is 21.3 Å². The maximum atomic E-state index is 12.8. The molecular formula is C21H24BrNO6. The van der Waals surface area contributed by atoms with E-state index in [1.54, 1.807) is 25.3 Å². The Kier molecular flexibility index (Phi) is 9.37. The number of ketones is 1. The predicted octanol–water partition coefficient (Wildman–Crippen LogP) is 3.44. The first kappa shape index (κ1) is 24.2. The number of carbonyl (C=O) groups excluding carboxylic acids is 2. The fourth-order valence-corrected chi connectivity index (χ4v) is 2.34. The molecule has 0 bridgehead atoms. The van der Waals surface area contributed by atoms with E-state index in [1.807, 2.05) is 12.1 Å². The summed E-state index contributed by atoms with van der Waals surface area (Å²) in [4.78, 5) is 24.8. The lowest BCUT2D eigenvalue weighted by atomic mass is 10.1. The third kappa shape index (κ3) is 6.33. The van der Waals surface area contributed by atoms with Gasteiger partial charge in [0.2, 0.25) is 0 Å². The Labute approximate surface area is 180 Å². The second-order valence-corrected chi connectivity index (χ2v) is 5.88. The Balaban J connectivity index is 0.00000420. The van der Waals surface area contributed by atoms with Crippen LogP contribution in [0.4, 0.5) is 0 Å². The standard InChI is InChI=1S/C21H23NO6.BrH/c1-13(22)21(24)28-19-12-16(26-3)11-18(27-4)20(19)17(23)10-7-14-5-8-15(25-2)9-6-14;/h5-13H,22H2,1-4H3;1H/b10-7+;/t13-;/m0./s1. The Morgan fingerprint density at radius 2 is 1.52 bits per heavy atom. The largest absolute Gasteiger partial charge is 0.497 e. The van der Waals surface area contributed by atoms with Gasteiger partial charge in [-0.3, -0.25) is 4.79 Å². The number of nitrogens with two attached hydrogens (primary N) is 1. The van der Waals surface area contributed by atoms with E-state index in [9.17, 15) is 9.59 Å². The SMILES string of the molecule is Br.COc1ccc(/C=C/C(=O)c2c(OC)cc(OC)cc2OC(=O)[C@H](C)N)cc1. The van der Waals surface area contributed by atoms with Gasteiger partial charge in [-0.25, -0.2) is 4.79 Å². The topological polar surface area (TPSA) is 97.1 Å². The fraction of sp³-hybridized carbons (Fsp3) is 0.238. The molecule has 0 fully saturated rings. The van der Waals surface area contributed by atoms with Crippen LogP contribution in [0.1, 0.15) is 22.8 Å². The fourth-order valence-electron chi connectivity index (χ4n) is 2.34. The van der Waals surface area contributed by atoms with E-state index in [1.165, 1.54) is 39.4 Å². The molecule has 0 amide bonds. The number of allylic oxidation sites excluding steroid dienone is 1. The number of hydrogen-bond donors (Lipinski definition) is 1. The van der Waals surface area contributed by atoms with Crippen molar-refractivity contribution in [3.05, 3.63) is 53.6 Å². The molecule has 0 spiro atoms. The lowest BCUT2D eigenvalue weighted by Gasteiger charge is -2.15. The van der Waals surface area contributed by atoms with Crippen LogP contribution < -0.4 is 24.7 Å². The minimum absolute atomic E-state index is 0. The van der Waals surface area contributed by atoms with E-state index in [0.29, 0.717) is 11.5 Å². The van der Waals surface area contributed by atoms with Gasteiger partial charge in [0, 0.05) is 12.1 Å². The molecule has 0 unspecified atom stereocenters. The molecular weight excluding hydrogens is 442 g/mol. The molecule has 8 heteroatoms. The third-order valence-electron chi connectivity index (χ3n) is 3.87. The molecule has 0 aromatic heterocycles. The highest BCUT2D eigenvalue weighted by Crippen LogP contribution is 2.35. The molecule has 0 aliphatic heterocycles. The quantitative estimate of drug-likeness (QED) is 0.276. The van der Waals surface area contributed by atoms with Gasteiger partial charge in [-0.05, 0) is 30.7 Å². The number of halogens is 1. The van der Waals surface area contributed by atoms with Crippen LogP contribution in [0, 0.1) is 0 Å². The van der Waals surface area contributed by atoms with Crippen molar-refractivity contribution in [2.24, 2.45) is 5.73 Å². The van der Waals surface area contributed by atoms with E-state index in [4.69, 9.17) is 24.7 Å². The highest BCUT2D eigenvalue weighted by Gasteiger charge is 2.22. The molecule has 0 saturated heterocycles. The van der Waals surface area contributed by atoms with Crippen LogP contribution in [0.5, 0.6) is 23.0 Å². The molecule has 1 atom stereocenters. The molecule has 156 valence electrons. The number of ether oxygens (including phenoxy) is 4. The molecule has 7 nitrogen and oxygen atoms in total. The zero-order chi connectivity index (χ0) is 20.7. The molecule has 0 aliphatic carbocycles. The van der Waals surface area contributed by atoms with Gasteiger partial charge in [0.1, 0.15) is 34.6 Å². The van der Waals surface area contributed by atoms with Crippen LogP contribution in [-0.4, -0.2) is 39.1 Å². The summed E-state index contributed by atoms with van der Waals surface area (Å²) in [5.74, 6) is 0.246. The Hall–Kier alpha value is -2.84. The maximum absolute atomic E-state index is 12.8. The van der Waals surface area contributed by atoms with Gasteiger partial charge in [0.25, 0.3) is 0 Å². The Bertz CT molecular complexity index is 877. The van der Waals surface area contributed by atoms with E-state index < -0.39 is 17.8 Å². The molecule has 2 aromatic carbocycles. The van der Waals surface area contributed by atoms with E-state index in [2.05, 4.69) is 0 Å². The van der Waals surface area contributed by atoms with Crippen molar-refractivity contribution in [2.45, 2.75) is 13.0 Å². The average Bonchev–Trinajstić information content (AvgIpc) is 2.71. The molecule has 29 heavy (non-hydrogen) atoms. The first-order valence-corrected chi connectivity index (χ1v) is 8.49. The first-order chi connectivity index (χ1) is 13.4. The van der Waals surface area contributed by atoms with Gasteiger partial charge in [-0.15, -0.1) is 17.0 Å². The van der Waals surface area contributed by atoms with Gasteiger partial charge < -0.3 is 24.7 Å². The first-order valence-electron chi connectivity index (χ1n) is 8.49. The number of methoxy groups -OCH3 is 3. The number of rotatable bonds is 8. The van der Waals surface area contributed by atoms with Crippen LogP contribution in [0.2, 0.25) is 0 Å². The molecule has 0 aliphatic rings. The van der Waals surface area contributed by atoms with E-state index in [-0.39, 0.29) is 34.0 Å². The monoisotopic (exact) mass is 465 g/mol. The number of esters is 1. The second kappa shape index (κ2) is 11.2. The zero-order valence-electron chi connectivity index (χ0n) is 16.6. The lowest BCUT2D eigenvalue weighted by Crippen LogP contribution is -2.31. The number of hydrogen-bond acceptors (Lipinski definition) is 7. The molecule has 0 heterocycles. The van der Waals surface area contributed by atoms with Crippen molar-refractivity contribution >= 4 is 34.8 Å². The van der Waals surface area contributed by atoms with Gasteiger partial charge >= 0.3 is 5.97 Å². The molecule has 2 rings (SSSR count). The summed E-state index contributed by atoms with van der Waals surface area (Å²) < 4.78 is 20.9. The summed E-state index contributed by atoms with van der Waals surface area (Å²) in [5, 5.41) is 0. The second-order valence-electron chi connectivity index (χ2n) is 5.88. The van der Waals surface area contributed by atoms with Crippen molar-refractivity contribution in [3.8, 4) is 23.0 Å². The average molecular weight is 466 g/mol. The van der Waals surface area contributed by atoms with Crippen LogP contribution in [0.15, 0.2) is 42.5 Å². The van der Waals surface area contributed by atoms with E-state index >= 15 is 0 Å². The number of carbonyl (C=O) groups is 2. The van der Waals surface area contributed by atoms with Gasteiger partial charge in [-0.1, -0.05) is 18.2 Å². The normalized spacial score (nSPS) is 11.3. The van der Waals surface area contributed by atoms with Gasteiger partial charge in [0.15, 0.2) is 5.78 Å². The molecule has 2 N–H and O–H groups in total. The lowest BCUT2D eigenvalue weighted by molar-refractivity contribution is -0.135. The minimum atomic E-state index is -0.852. The Morgan fingerprint density at radius 3 is 2.03 bits per heavy atom. The van der Waals surface area contributed by atoms with Crippen molar-refractivity contribution in [3.63, 3.8) is 0 Å². The van der Waals surface area contributed by atoms with Crippen LogP contribution in [0.3, 0.4) is 0 Å². The number of benzene rings is 2.